The molecule has 0 aromatic heterocycles. The fraction of sp³-hybridized carbons (Fsp3) is 0.391. The molecule has 4 unspecified atom stereocenters. The van der Waals surface area contributed by atoms with Gasteiger partial charge in [-0.25, -0.2) is 4.79 Å². The minimum atomic E-state index is -0.250. The maximum absolute atomic E-state index is 12.7. The summed E-state index contributed by atoms with van der Waals surface area (Å²) in [4.78, 5) is 17.0. The van der Waals surface area contributed by atoms with Crippen molar-refractivity contribution in [3.05, 3.63) is 53.6 Å². The summed E-state index contributed by atoms with van der Waals surface area (Å²) in [6.45, 7) is 2.26. The Hall–Kier alpha value is -2.82. The second-order valence-electron chi connectivity index (χ2n) is 8.71. The molecule has 0 aliphatic heterocycles. The smallest absolute Gasteiger partial charge is 0.338 e. The molecule has 0 bridgehead atoms. The number of rotatable bonds is 4. The molecule has 1 spiro atoms. The lowest BCUT2D eigenvalue weighted by Gasteiger charge is -2.44. The number of carbonyl (C=O) groups excluding carboxylic acids is 1. The molecule has 0 heterocycles. The SMILES string of the molecule is CC1CC2(OC(=O)c3ccc(N=Cc4cc(O)ccc4O)cc3)CC3CC32C1. The van der Waals surface area contributed by atoms with Gasteiger partial charge in [0.15, 0.2) is 0 Å². The van der Waals surface area contributed by atoms with Gasteiger partial charge in [-0.3, -0.25) is 4.99 Å². The Balaban J connectivity index is 1.28. The fourth-order valence-electron chi connectivity index (χ4n) is 5.55. The summed E-state index contributed by atoms with van der Waals surface area (Å²) in [5, 5.41) is 19.3. The minimum Gasteiger partial charge on any atom is -0.508 e. The van der Waals surface area contributed by atoms with Gasteiger partial charge in [0.25, 0.3) is 0 Å². The van der Waals surface area contributed by atoms with Crippen LogP contribution >= 0.6 is 0 Å². The highest BCUT2D eigenvalue weighted by molar-refractivity contribution is 5.91. The first-order valence-corrected chi connectivity index (χ1v) is 9.80. The van der Waals surface area contributed by atoms with Crippen LogP contribution in [0.4, 0.5) is 5.69 Å². The zero-order valence-corrected chi connectivity index (χ0v) is 15.8. The summed E-state index contributed by atoms with van der Waals surface area (Å²) < 4.78 is 6.06. The maximum atomic E-state index is 12.7. The van der Waals surface area contributed by atoms with Crippen molar-refractivity contribution in [2.24, 2.45) is 22.2 Å². The van der Waals surface area contributed by atoms with Crippen molar-refractivity contribution in [1.29, 1.82) is 0 Å². The number of ether oxygens (including phenoxy) is 1. The number of esters is 1. The van der Waals surface area contributed by atoms with Crippen LogP contribution in [0.2, 0.25) is 0 Å². The van der Waals surface area contributed by atoms with Gasteiger partial charge >= 0.3 is 5.97 Å². The first-order chi connectivity index (χ1) is 13.4. The van der Waals surface area contributed by atoms with Crippen LogP contribution < -0.4 is 0 Å². The summed E-state index contributed by atoms with van der Waals surface area (Å²) in [5.41, 5.74) is 1.67. The zero-order valence-electron chi connectivity index (χ0n) is 15.8. The Bertz CT molecular complexity index is 983. The van der Waals surface area contributed by atoms with Crippen LogP contribution in [0.15, 0.2) is 47.5 Å². The van der Waals surface area contributed by atoms with Crippen LogP contribution in [0.3, 0.4) is 0 Å². The van der Waals surface area contributed by atoms with E-state index in [0.29, 0.717) is 22.7 Å². The maximum Gasteiger partial charge on any atom is 0.338 e. The number of phenols is 2. The van der Waals surface area contributed by atoms with E-state index in [-0.39, 0.29) is 28.5 Å². The molecule has 0 amide bonds. The van der Waals surface area contributed by atoms with Gasteiger partial charge in [-0.2, -0.15) is 0 Å². The molecular weight excluding hydrogens is 354 g/mol. The Morgan fingerprint density at radius 1 is 1.11 bits per heavy atom. The molecular formula is C23H23NO4. The van der Waals surface area contributed by atoms with E-state index in [9.17, 15) is 15.0 Å². The molecule has 0 saturated heterocycles. The van der Waals surface area contributed by atoms with Crippen LogP contribution in [0.5, 0.6) is 11.5 Å². The molecule has 4 atom stereocenters. The number of aliphatic imine (C=N–C) groups is 1. The van der Waals surface area contributed by atoms with Crippen molar-refractivity contribution in [2.75, 3.05) is 0 Å². The number of hydrogen-bond acceptors (Lipinski definition) is 5. The molecule has 0 radical (unpaired) electrons. The van der Waals surface area contributed by atoms with E-state index in [1.165, 1.54) is 37.3 Å². The van der Waals surface area contributed by atoms with Crippen LogP contribution in [-0.4, -0.2) is 28.0 Å². The predicted octanol–water partition coefficient (Wildman–Crippen LogP) is 4.58. The summed E-state index contributed by atoms with van der Waals surface area (Å²) in [6.07, 6.45) is 5.91. The molecule has 144 valence electrons. The van der Waals surface area contributed by atoms with Gasteiger partial charge in [0.2, 0.25) is 0 Å². The molecule has 3 fully saturated rings. The van der Waals surface area contributed by atoms with E-state index in [2.05, 4.69) is 11.9 Å². The highest BCUT2D eigenvalue weighted by atomic mass is 16.6. The Morgan fingerprint density at radius 2 is 1.89 bits per heavy atom. The number of aromatic hydroxyl groups is 2. The summed E-state index contributed by atoms with van der Waals surface area (Å²) in [6, 6.07) is 11.2. The average molecular weight is 377 g/mol. The monoisotopic (exact) mass is 377 g/mol. The minimum absolute atomic E-state index is 0.0413. The summed E-state index contributed by atoms with van der Waals surface area (Å²) in [7, 11) is 0. The van der Waals surface area contributed by atoms with E-state index in [1.54, 1.807) is 24.3 Å². The van der Waals surface area contributed by atoms with Gasteiger partial charge in [-0.1, -0.05) is 6.92 Å². The fourth-order valence-corrected chi connectivity index (χ4v) is 5.55. The highest BCUT2D eigenvalue weighted by Gasteiger charge is 2.80. The lowest BCUT2D eigenvalue weighted by molar-refractivity contribution is -0.0986. The first kappa shape index (κ1) is 17.3. The van der Waals surface area contributed by atoms with E-state index in [4.69, 9.17) is 4.74 Å². The van der Waals surface area contributed by atoms with Crippen molar-refractivity contribution in [1.82, 2.24) is 0 Å². The second kappa shape index (κ2) is 5.84. The number of hydrogen-bond donors (Lipinski definition) is 2. The van der Waals surface area contributed by atoms with Gasteiger partial charge in [0.05, 0.1) is 11.3 Å². The largest absolute Gasteiger partial charge is 0.508 e. The van der Waals surface area contributed by atoms with E-state index in [0.717, 1.165) is 18.8 Å². The molecule has 3 aliphatic carbocycles. The molecule has 3 aliphatic rings. The summed E-state index contributed by atoms with van der Waals surface area (Å²) >= 11 is 0. The van der Waals surface area contributed by atoms with E-state index >= 15 is 0 Å². The van der Waals surface area contributed by atoms with Crippen molar-refractivity contribution in [3.63, 3.8) is 0 Å². The Morgan fingerprint density at radius 3 is 2.61 bits per heavy atom. The third-order valence-corrected chi connectivity index (χ3v) is 6.86. The number of nitrogens with zero attached hydrogens (tertiary/aromatic N) is 1. The summed E-state index contributed by atoms with van der Waals surface area (Å²) in [5.74, 6) is 1.26. The molecule has 2 aromatic carbocycles. The third kappa shape index (κ3) is 2.53. The molecule has 28 heavy (non-hydrogen) atoms. The zero-order chi connectivity index (χ0) is 19.5. The molecule has 5 rings (SSSR count). The lowest BCUT2D eigenvalue weighted by Crippen LogP contribution is -2.48. The molecule has 2 aromatic rings. The van der Waals surface area contributed by atoms with Crippen LogP contribution in [0.1, 0.15) is 48.5 Å². The molecule has 5 heteroatoms. The van der Waals surface area contributed by atoms with E-state index < -0.39 is 0 Å². The van der Waals surface area contributed by atoms with Crippen LogP contribution in [-0.2, 0) is 4.74 Å². The van der Waals surface area contributed by atoms with Crippen LogP contribution in [0, 0.1) is 17.3 Å². The molecule has 2 N–H and O–H groups in total. The average Bonchev–Trinajstić information content (AvgIpc) is 3.20. The van der Waals surface area contributed by atoms with E-state index in [1.807, 2.05) is 0 Å². The topological polar surface area (TPSA) is 79.1 Å². The predicted molar refractivity (Wildman–Crippen MR) is 105 cm³/mol. The normalized spacial score (nSPS) is 32.5. The second-order valence-corrected chi connectivity index (χ2v) is 8.71. The van der Waals surface area contributed by atoms with Crippen molar-refractivity contribution >= 4 is 17.9 Å². The van der Waals surface area contributed by atoms with Crippen LogP contribution in [0.25, 0.3) is 0 Å². The Kier molecular flexibility index (Phi) is 3.60. The number of benzene rings is 2. The molecule has 3 saturated carbocycles. The quantitative estimate of drug-likeness (QED) is 0.464. The number of phenolic OH excluding ortho intramolecular Hbond substituents is 2. The van der Waals surface area contributed by atoms with Crippen molar-refractivity contribution in [2.45, 2.75) is 38.2 Å². The van der Waals surface area contributed by atoms with Crippen molar-refractivity contribution in [3.8, 4) is 11.5 Å². The third-order valence-electron chi connectivity index (χ3n) is 6.86. The van der Waals surface area contributed by atoms with Gasteiger partial charge in [0, 0.05) is 17.2 Å². The standard InChI is InChI=1S/C23H23NO4/c1-14-9-22-11-17(22)12-23(22,10-14)28-21(27)15-2-4-18(5-3-15)24-13-16-8-19(25)6-7-20(16)26/h2-8,13-14,17,25-26H,9-12H2,1H3. The van der Waals surface area contributed by atoms with Gasteiger partial charge in [-0.15, -0.1) is 0 Å². The lowest BCUT2D eigenvalue weighted by atomic mass is 9.71. The van der Waals surface area contributed by atoms with Gasteiger partial charge < -0.3 is 14.9 Å². The van der Waals surface area contributed by atoms with Gasteiger partial charge in [0.1, 0.15) is 17.1 Å². The molecule has 5 nitrogen and oxygen atoms in total. The number of carbonyl (C=O) groups is 1. The van der Waals surface area contributed by atoms with Gasteiger partial charge in [-0.05, 0) is 80.0 Å². The highest BCUT2D eigenvalue weighted by Crippen LogP contribution is 2.81. The van der Waals surface area contributed by atoms with Crippen molar-refractivity contribution < 1.29 is 19.7 Å². The Labute approximate surface area is 163 Å². The first-order valence-electron chi connectivity index (χ1n) is 9.80.